The summed E-state index contributed by atoms with van der Waals surface area (Å²) in [6.45, 7) is 4.36. The van der Waals surface area contributed by atoms with Crippen LogP contribution in [0.4, 0.5) is 0 Å². The molecule has 1 saturated carbocycles. The molecule has 1 aliphatic rings. The Morgan fingerprint density at radius 1 is 1.12 bits per heavy atom. The van der Waals surface area contributed by atoms with Crippen LogP contribution in [0.1, 0.15) is 79.1 Å². The SMILES string of the molecule is COC(=O)[C@@H](CCSC)NC(=O)c1cn(C2CCCCC2)cc(C(=O)NCC(C)C)c1=O. The molecule has 1 heterocycles. The molecule has 1 fully saturated rings. The number of nitrogens with one attached hydrogen (secondary N) is 2. The van der Waals surface area contributed by atoms with E-state index < -0.39 is 29.3 Å². The zero-order valence-electron chi connectivity index (χ0n) is 19.4. The van der Waals surface area contributed by atoms with Crippen LogP contribution in [-0.2, 0) is 9.53 Å². The van der Waals surface area contributed by atoms with Crippen molar-refractivity contribution in [3.05, 3.63) is 33.7 Å². The van der Waals surface area contributed by atoms with Crippen LogP contribution < -0.4 is 16.1 Å². The number of hydrogen-bond acceptors (Lipinski definition) is 6. The second kappa shape index (κ2) is 12.7. The first kappa shape index (κ1) is 26.0. The molecule has 2 rings (SSSR count). The number of amides is 2. The van der Waals surface area contributed by atoms with Crippen molar-refractivity contribution in [1.82, 2.24) is 15.2 Å². The van der Waals surface area contributed by atoms with E-state index in [-0.39, 0.29) is 23.1 Å². The van der Waals surface area contributed by atoms with E-state index in [0.717, 1.165) is 32.1 Å². The smallest absolute Gasteiger partial charge is 0.328 e. The molecular formula is C23H35N3O5S. The number of pyridine rings is 1. The van der Waals surface area contributed by atoms with Crippen molar-refractivity contribution in [3.8, 4) is 0 Å². The van der Waals surface area contributed by atoms with Gasteiger partial charge in [-0.3, -0.25) is 14.4 Å². The highest BCUT2D eigenvalue weighted by Gasteiger charge is 2.26. The van der Waals surface area contributed by atoms with Crippen molar-refractivity contribution in [2.45, 2.75) is 64.5 Å². The number of methoxy groups -OCH3 is 1. The maximum absolute atomic E-state index is 13.1. The van der Waals surface area contributed by atoms with Crippen LogP contribution in [0.15, 0.2) is 17.2 Å². The van der Waals surface area contributed by atoms with Crippen LogP contribution in [0.2, 0.25) is 0 Å². The normalized spacial score (nSPS) is 15.3. The summed E-state index contributed by atoms with van der Waals surface area (Å²) in [6.07, 6.45) is 10.5. The van der Waals surface area contributed by atoms with E-state index in [9.17, 15) is 19.2 Å². The summed E-state index contributed by atoms with van der Waals surface area (Å²) in [5.74, 6) is -0.859. The Morgan fingerprint density at radius 2 is 1.75 bits per heavy atom. The molecule has 0 aromatic carbocycles. The van der Waals surface area contributed by atoms with Crippen LogP contribution in [0.5, 0.6) is 0 Å². The van der Waals surface area contributed by atoms with E-state index in [1.165, 1.54) is 13.3 Å². The molecule has 0 saturated heterocycles. The van der Waals surface area contributed by atoms with Gasteiger partial charge < -0.3 is 19.9 Å². The fourth-order valence-corrected chi connectivity index (χ4v) is 4.24. The molecule has 8 nitrogen and oxygen atoms in total. The van der Waals surface area contributed by atoms with Crippen LogP contribution in [0, 0.1) is 5.92 Å². The molecule has 2 N–H and O–H groups in total. The first-order chi connectivity index (χ1) is 15.3. The minimum Gasteiger partial charge on any atom is -0.467 e. The fourth-order valence-electron chi connectivity index (χ4n) is 3.77. The second-order valence-electron chi connectivity index (χ2n) is 8.59. The lowest BCUT2D eigenvalue weighted by Gasteiger charge is -2.26. The lowest BCUT2D eigenvalue weighted by atomic mass is 9.95. The molecule has 9 heteroatoms. The highest BCUT2D eigenvalue weighted by atomic mass is 32.2. The lowest BCUT2D eigenvalue weighted by Crippen LogP contribution is -2.44. The van der Waals surface area contributed by atoms with Gasteiger partial charge in [0, 0.05) is 25.0 Å². The van der Waals surface area contributed by atoms with Gasteiger partial charge in [0.1, 0.15) is 17.2 Å². The number of esters is 1. The summed E-state index contributed by atoms with van der Waals surface area (Å²) in [5.41, 5.74) is -0.822. The number of aromatic nitrogens is 1. The lowest BCUT2D eigenvalue weighted by molar-refractivity contribution is -0.142. The van der Waals surface area contributed by atoms with E-state index in [0.29, 0.717) is 18.7 Å². The number of thioether (sulfide) groups is 1. The van der Waals surface area contributed by atoms with Gasteiger partial charge in [0.05, 0.1) is 7.11 Å². The van der Waals surface area contributed by atoms with Crippen molar-refractivity contribution in [2.24, 2.45) is 5.92 Å². The molecule has 1 aliphatic carbocycles. The summed E-state index contributed by atoms with van der Waals surface area (Å²) in [6, 6.07) is -0.735. The van der Waals surface area contributed by atoms with Crippen LogP contribution in [-0.4, -0.2) is 54.1 Å². The number of hydrogen-bond donors (Lipinski definition) is 2. The van der Waals surface area contributed by atoms with Crippen LogP contribution in [0.25, 0.3) is 0 Å². The second-order valence-corrected chi connectivity index (χ2v) is 9.57. The van der Waals surface area contributed by atoms with Gasteiger partial charge >= 0.3 is 5.97 Å². The van der Waals surface area contributed by atoms with Gasteiger partial charge in [0.2, 0.25) is 5.43 Å². The summed E-state index contributed by atoms with van der Waals surface area (Å²) in [7, 11) is 1.26. The molecule has 0 radical (unpaired) electrons. The third kappa shape index (κ3) is 7.12. The molecule has 0 bridgehead atoms. The molecule has 1 aromatic rings. The molecule has 1 atom stereocenters. The predicted octanol–water partition coefficient (Wildman–Crippen LogP) is 2.76. The Kier molecular flexibility index (Phi) is 10.3. The molecular weight excluding hydrogens is 430 g/mol. The molecule has 2 amide bonds. The van der Waals surface area contributed by atoms with E-state index in [2.05, 4.69) is 10.6 Å². The first-order valence-electron chi connectivity index (χ1n) is 11.2. The van der Waals surface area contributed by atoms with Crippen molar-refractivity contribution in [1.29, 1.82) is 0 Å². The molecule has 0 spiro atoms. The summed E-state index contributed by atoms with van der Waals surface area (Å²) < 4.78 is 6.63. The first-order valence-corrected chi connectivity index (χ1v) is 12.6. The average Bonchev–Trinajstić information content (AvgIpc) is 2.80. The highest BCUT2D eigenvalue weighted by Crippen LogP contribution is 2.28. The number of rotatable bonds is 10. The van der Waals surface area contributed by atoms with Crippen LogP contribution in [0.3, 0.4) is 0 Å². The maximum atomic E-state index is 13.1. The van der Waals surface area contributed by atoms with Gasteiger partial charge in [0.25, 0.3) is 11.8 Å². The van der Waals surface area contributed by atoms with Crippen molar-refractivity contribution < 1.29 is 19.1 Å². The summed E-state index contributed by atoms with van der Waals surface area (Å²) in [5, 5.41) is 5.41. The van der Waals surface area contributed by atoms with Crippen LogP contribution >= 0.6 is 11.8 Å². The van der Waals surface area contributed by atoms with Gasteiger partial charge in [0.15, 0.2) is 0 Å². The molecule has 0 aliphatic heterocycles. The van der Waals surface area contributed by atoms with Gasteiger partial charge in [-0.2, -0.15) is 11.8 Å². The predicted molar refractivity (Wildman–Crippen MR) is 126 cm³/mol. The third-order valence-electron chi connectivity index (χ3n) is 5.60. The number of ether oxygens (including phenoxy) is 1. The summed E-state index contributed by atoms with van der Waals surface area (Å²) >= 11 is 1.54. The van der Waals surface area contributed by atoms with E-state index in [1.807, 2.05) is 24.7 Å². The van der Waals surface area contributed by atoms with E-state index in [1.54, 1.807) is 18.0 Å². The largest absolute Gasteiger partial charge is 0.467 e. The van der Waals surface area contributed by atoms with Gasteiger partial charge in [-0.25, -0.2) is 4.79 Å². The minimum absolute atomic E-state index is 0.0531. The number of carbonyl (C=O) groups excluding carboxylic acids is 3. The zero-order chi connectivity index (χ0) is 23.7. The molecule has 0 unspecified atom stereocenters. The van der Waals surface area contributed by atoms with E-state index >= 15 is 0 Å². The Hall–Kier alpha value is -2.29. The third-order valence-corrected chi connectivity index (χ3v) is 6.25. The minimum atomic E-state index is -0.860. The quantitative estimate of drug-likeness (QED) is 0.515. The maximum Gasteiger partial charge on any atom is 0.328 e. The average molecular weight is 466 g/mol. The fraction of sp³-hybridized carbons (Fsp3) is 0.652. The zero-order valence-corrected chi connectivity index (χ0v) is 20.3. The van der Waals surface area contributed by atoms with Crippen molar-refractivity contribution >= 4 is 29.5 Å². The van der Waals surface area contributed by atoms with Crippen molar-refractivity contribution in [2.75, 3.05) is 25.7 Å². The Morgan fingerprint density at radius 3 is 2.31 bits per heavy atom. The molecule has 178 valence electrons. The van der Waals surface area contributed by atoms with Crippen molar-refractivity contribution in [3.63, 3.8) is 0 Å². The molecule has 1 aromatic heterocycles. The number of nitrogens with zero attached hydrogens (tertiary/aromatic N) is 1. The standard InChI is InChI=1S/C23H35N3O5S/c1-15(2)12-24-21(28)17-13-26(16-8-6-5-7-9-16)14-18(20(17)27)22(29)25-19(10-11-32-4)23(30)31-3/h13-16,19H,5-12H2,1-4H3,(H,24,28)(H,25,29)/t19-/m1/s1. The Bertz CT molecular complexity index is 862. The summed E-state index contributed by atoms with van der Waals surface area (Å²) in [4.78, 5) is 51.1. The molecule has 32 heavy (non-hydrogen) atoms. The Labute approximate surface area is 193 Å². The van der Waals surface area contributed by atoms with E-state index in [4.69, 9.17) is 4.74 Å². The van der Waals surface area contributed by atoms with Gasteiger partial charge in [-0.15, -0.1) is 0 Å². The highest BCUT2D eigenvalue weighted by molar-refractivity contribution is 7.98. The monoisotopic (exact) mass is 465 g/mol. The number of carbonyl (C=O) groups is 3. The van der Waals surface area contributed by atoms with Gasteiger partial charge in [-0.1, -0.05) is 33.1 Å². The van der Waals surface area contributed by atoms with Gasteiger partial charge in [-0.05, 0) is 37.2 Å². The Balaban J connectivity index is 2.40. The topological polar surface area (TPSA) is 106 Å².